The molecule has 0 saturated heterocycles. The minimum Gasteiger partial charge on any atom is -0.480 e. The van der Waals surface area contributed by atoms with Crippen LogP contribution in [0.5, 0.6) is 11.8 Å². The Hall–Kier alpha value is -4.27. The predicted molar refractivity (Wildman–Crippen MR) is 113 cm³/mol. The van der Waals surface area contributed by atoms with Crippen molar-refractivity contribution in [3.63, 3.8) is 0 Å². The summed E-state index contributed by atoms with van der Waals surface area (Å²) in [6.07, 6.45) is 0. The molecular weight excluding hydrogens is 398 g/mol. The number of nitrogens with one attached hydrogen (secondary N) is 1. The Morgan fingerprint density at radius 3 is 2.39 bits per heavy atom. The number of hydrogen-bond acceptors (Lipinski definition) is 8. The molecule has 9 heteroatoms. The number of carbonyl (C=O) groups is 1. The normalized spacial score (nSPS) is 10.5. The van der Waals surface area contributed by atoms with Crippen LogP contribution in [0.3, 0.4) is 0 Å². The van der Waals surface area contributed by atoms with Crippen molar-refractivity contribution in [2.75, 3.05) is 19.5 Å². The lowest BCUT2D eigenvalue weighted by Gasteiger charge is -2.11. The molecule has 0 aliphatic carbocycles. The Morgan fingerprint density at radius 1 is 0.935 bits per heavy atom. The summed E-state index contributed by atoms with van der Waals surface area (Å²) in [5.41, 5.74) is 3.07. The van der Waals surface area contributed by atoms with E-state index in [4.69, 9.17) is 14.0 Å². The zero-order chi connectivity index (χ0) is 21.8. The zero-order valence-electron chi connectivity index (χ0n) is 17.1. The van der Waals surface area contributed by atoms with E-state index in [-0.39, 0.29) is 11.8 Å². The number of hydrogen-bond donors (Lipinski definition) is 1. The molecule has 1 aromatic carbocycles. The van der Waals surface area contributed by atoms with Crippen LogP contribution in [-0.2, 0) is 0 Å². The molecule has 31 heavy (non-hydrogen) atoms. The number of aryl methyl sites for hydroxylation is 1. The maximum Gasteiger partial charge on any atom is 0.261 e. The number of amides is 1. The zero-order valence-corrected chi connectivity index (χ0v) is 17.1. The van der Waals surface area contributed by atoms with E-state index in [9.17, 15) is 4.79 Å². The fraction of sp³-hybridized carbons (Fsp3) is 0.136. The van der Waals surface area contributed by atoms with Crippen molar-refractivity contribution in [3.05, 3.63) is 65.9 Å². The molecule has 0 bridgehead atoms. The minimum atomic E-state index is -0.380. The highest BCUT2D eigenvalue weighted by Gasteiger charge is 2.23. The van der Waals surface area contributed by atoms with Crippen LogP contribution in [0.2, 0.25) is 0 Å². The van der Waals surface area contributed by atoms with Gasteiger partial charge in [-0.3, -0.25) is 4.79 Å². The molecule has 0 aliphatic rings. The summed E-state index contributed by atoms with van der Waals surface area (Å²) < 4.78 is 15.7. The summed E-state index contributed by atoms with van der Waals surface area (Å²) in [4.78, 5) is 17.5. The first-order chi connectivity index (χ1) is 15.1. The second-order valence-corrected chi connectivity index (χ2v) is 6.50. The Morgan fingerprint density at radius 2 is 1.71 bits per heavy atom. The quantitative estimate of drug-likeness (QED) is 0.504. The fourth-order valence-corrected chi connectivity index (χ4v) is 3.02. The third-order valence-corrected chi connectivity index (χ3v) is 4.55. The molecular formula is C22H19N5O4. The van der Waals surface area contributed by atoms with Crippen molar-refractivity contribution in [2.24, 2.45) is 0 Å². The molecule has 0 saturated carbocycles. The van der Waals surface area contributed by atoms with Gasteiger partial charge < -0.3 is 19.3 Å². The molecule has 0 spiro atoms. The topological polar surface area (TPSA) is 112 Å². The van der Waals surface area contributed by atoms with E-state index in [0.717, 1.165) is 5.56 Å². The molecule has 9 nitrogen and oxygen atoms in total. The van der Waals surface area contributed by atoms with Crippen molar-refractivity contribution in [2.45, 2.75) is 6.92 Å². The summed E-state index contributed by atoms with van der Waals surface area (Å²) in [5, 5.41) is 14.9. The second-order valence-electron chi connectivity index (χ2n) is 6.50. The molecule has 0 unspecified atom stereocenters. The standard InChI is InChI=1S/C22H19N5O4/c1-13-19(20(27-31-13)14-7-5-4-6-8-14)21(28)23-17-10-9-15(24-22(17)30-3)16-11-12-18(29-2)26-25-16/h4-12H,1-3H3,(H,23,28). The first-order valence-electron chi connectivity index (χ1n) is 9.37. The van der Waals surface area contributed by atoms with Crippen molar-refractivity contribution in [1.82, 2.24) is 20.3 Å². The SMILES string of the molecule is COc1ccc(-c2ccc(NC(=O)c3c(-c4ccccc4)noc3C)c(OC)n2)nn1. The van der Waals surface area contributed by atoms with Gasteiger partial charge in [0.25, 0.3) is 5.91 Å². The van der Waals surface area contributed by atoms with Crippen LogP contribution >= 0.6 is 0 Å². The number of anilines is 1. The first-order valence-corrected chi connectivity index (χ1v) is 9.37. The average Bonchev–Trinajstić information content (AvgIpc) is 3.21. The van der Waals surface area contributed by atoms with Crippen LogP contribution in [-0.4, -0.2) is 40.5 Å². The lowest BCUT2D eigenvalue weighted by molar-refractivity contribution is 0.102. The van der Waals surface area contributed by atoms with Gasteiger partial charge in [0, 0.05) is 11.6 Å². The maximum absolute atomic E-state index is 13.1. The molecule has 0 aliphatic heterocycles. The average molecular weight is 417 g/mol. The smallest absolute Gasteiger partial charge is 0.261 e. The molecule has 3 aromatic heterocycles. The van der Waals surface area contributed by atoms with E-state index in [0.29, 0.717) is 40.0 Å². The first kappa shape index (κ1) is 20.0. The molecule has 0 radical (unpaired) electrons. The number of pyridine rings is 1. The van der Waals surface area contributed by atoms with Gasteiger partial charge in [0.1, 0.15) is 28.4 Å². The second kappa shape index (κ2) is 8.62. The van der Waals surface area contributed by atoms with Gasteiger partial charge in [-0.05, 0) is 25.1 Å². The van der Waals surface area contributed by atoms with Gasteiger partial charge in [0.05, 0.1) is 19.9 Å². The van der Waals surface area contributed by atoms with E-state index in [2.05, 4.69) is 25.7 Å². The highest BCUT2D eigenvalue weighted by molar-refractivity contribution is 6.09. The van der Waals surface area contributed by atoms with Gasteiger partial charge in [-0.2, -0.15) is 0 Å². The van der Waals surface area contributed by atoms with Crippen molar-refractivity contribution in [1.29, 1.82) is 0 Å². The Bertz CT molecular complexity index is 1210. The maximum atomic E-state index is 13.1. The van der Waals surface area contributed by atoms with Gasteiger partial charge in [-0.15, -0.1) is 10.2 Å². The molecule has 3 heterocycles. The minimum absolute atomic E-state index is 0.235. The molecule has 1 amide bonds. The van der Waals surface area contributed by atoms with E-state index in [1.165, 1.54) is 14.2 Å². The van der Waals surface area contributed by atoms with Gasteiger partial charge in [-0.1, -0.05) is 35.5 Å². The number of carbonyl (C=O) groups excluding carboxylic acids is 1. The molecule has 1 N–H and O–H groups in total. The summed E-state index contributed by atoms with van der Waals surface area (Å²) in [6, 6.07) is 16.2. The van der Waals surface area contributed by atoms with E-state index >= 15 is 0 Å². The van der Waals surface area contributed by atoms with Crippen molar-refractivity contribution < 1.29 is 18.8 Å². The van der Waals surface area contributed by atoms with Crippen LogP contribution in [0.15, 0.2) is 59.1 Å². The summed E-state index contributed by atoms with van der Waals surface area (Å²) in [7, 11) is 2.99. The molecule has 0 fully saturated rings. The van der Waals surface area contributed by atoms with Crippen LogP contribution in [0, 0.1) is 6.92 Å². The number of ether oxygens (including phenoxy) is 2. The van der Waals surface area contributed by atoms with Gasteiger partial charge in [0.15, 0.2) is 0 Å². The summed E-state index contributed by atoms with van der Waals surface area (Å²) in [6.45, 7) is 1.69. The Kier molecular flexibility index (Phi) is 5.57. The number of methoxy groups -OCH3 is 2. The molecule has 0 atom stereocenters. The van der Waals surface area contributed by atoms with Crippen molar-refractivity contribution >= 4 is 11.6 Å². The van der Waals surface area contributed by atoms with Crippen LogP contribution in [0.25, 0.3) is 22.6 Å². The summed E-state index contributed by atoms with van der Waals surface area (Å²) in [5.74, 6) is 0.667. The Labute approximate surface area is 178 Å². The predicted octanol–water partition coefficient (Wildman–Crippen LogP) is 3.77. The monoisotopic (exact) mass is 417 g/mol. The number of rotatable bonds is 6. The van der Waals surface area contributed by atoms with Gasteiger partial charge >= 0.3 is 0 Å². The van der Waals surface area contributed by atoms with Crippen LogP contribution in [0.1, 0.15) is 16.1 Å². The Balaban J connectivity index is 1.63. The largest absolute Gasteiger partial charge is 0.480 e. The van der Waals surface area contributed by atoms with E-state index in [1.54, 1.807) is 31.2 Å². The lowest BCUT2D eigenvalue weighted by atomic mass is 10.1. The lowest BCUT2D eigenvalue weighted by Crippen LogP contribution is -2.14. The third-order valence-electron chi connectivity index (χ3n) is 4.55. The van der Waals surface area contributed by atoms with Gasteiger partial charge in [-0.25, -0.2) is 4.98 Å². The van der Waals surface area contributed by atoms with E-state index < -0.39 is 0 Å². The highest BCUT2D eigenvalue weighted by atomic mass is 16.5. The van der Waals surface area contributed by atoms with Crippen molar-refractivity contribution in [3.8, 4) is 34.4 Å². The fourth-order valence-electron chi connectivity index (χ4n) is 3.02. The van der Waals surface area contributed by atoms with Crippen LogP contribution in [0.4, 0.5) is 5.69 Å². The number of aromatic nitrogens is 4. The number of nitrogens with zero attached hydrogens (tertiary/aromatic N) is 4. The van der Waals surface area contributed by atoms with E-state index in [1.807, 2.05) is 30.3 Å². The number of benzene rings is 1. The molecule has 4 rings (SSSR count). The molecule has 4 aromatic rings. The summed E-state index contributed by atoms with van der Waals surface area (Å²) >= 11 is 0. The van der Waals surface area contributed by atoms with Crippen LogP contribution < -0.4 is 14.8 Å². The highest BCUT2D eigenvalue weighted by Crippen LogP contribution is 2.29. The molecule has 156 valence electrons. The third kappa shape index (κ3) is 4.06. The van der Waals surface area contributed by atoms with Gasteiger partial charge in [0.2, 0.25) is 11.8 Å².